The number of ether oxygens (including phenoxy) is 3. The van der Waals surface area contributed by atoms with Gasteiger partial charge in [0.25, 0.3) is 0 Å². The van der Waals surface area contributed by atoms with Gasteiger partial charge in [-0.2, -0.15) is 8.42 Å². The quantitative estimate of drug-likeness (QED) is 0.187. The molecule has 15 heteroatoms. The summed E-state index contributed by atoms with van der Waals surface area (Å²) in [4.78, 5) is 0. The molecule has 0 amide bonds. The summed E-state index contributed by atoms with van der Waals surface area (Å²) in [5.74, 6) is 0. The van der Waals surface area contributed by atoms with Crippen molar-refractivity contribution in [1.82, 2.24) is 0 Å². The Kier molecular flexibility index (Phi) is 6.80. The summed E-state index contributed by atoms with van der Waals surface area (Å²) in [5, 5.41) is 64.7. The minimum Gasteiger partial charge on any atom is -0.394 e. The van der Waals surface area contributed by atoms with E-state index < -0.39 is 83.5 Å². The lowest BCUT2D eigenvalue weighted by Crippen LogP contribution is -2.72. The molecular formula is C12H23NO13S. The van der Waals surface area contributed by atoms with Crippen molar-refractivity contribution in [2.45, 2.75) is 60.2 Å². The molecule has 10 atom stereocenters. The second kappa shape index (κ2) is 8.07. The first kappa shape index (κ1) is 22.8. The predicted molar refractivity (Wildman–Crippen MR) is 81.1 cm³/mol. The Bertz CT molecular complexity index is 614. The number of nitrogens with two attached hydrogens (primary N) is 1. The van der Waals surface area contributed by atoms with Gasteiger partial charge in [0, 0.05) is 0 Å². The maximum Gasteiger partial charge on any atom is 0.323 e. The van der Waals surface area contributed by atoms with Crippen molar-refractivity contribution in [1.29, 1.82) is 0 Å². The summed E-state index contributed by atoms with van der Waals surface area (Å²) in [7, 11) is -5.35. The average molecular weight is 421 g/mol. The van der Waals surface area contributed by atoms with Gasteiger partial charge in [0.1, 0.15) is 48.8 Å². The van der Waals surface area contributed by atoms with Crippen molar-refractivity contribution in [2.24, 2.45) is 5.73 Å². The molecule has 0 spiro atoms. The van der Waals surface area contributed by atoms with Gasteiger partial charge in [-0.15, -0.1) is 0 Å². The van der Waals surface area contributed by atoms with E-state index in [1.165, 1.54) is 0 Å². The second-order valence-corrected chi connectivity index (χ2v) is 7.79. The fraction of sp³-hybridized carbons (Fsp3) is 1.00. The molecule has 10 N–H and O–H groups in total. The zero-order valence-corrected chi connectivity index (χ0v) is 14.5. The molecule has 0 aliphatic carbocycles. The smallest absolute Gasteiger partial charge is 0.323 e. The van der Waals surface area contributed by atoms with E-state index >= 15 is 0 Å². The van der Waals surface area contributed by atoms with Gasteiger partial charge in [0.15, 0.2) is 6.29 Å². The van der Waals surface area contributed by atoms with Crippen molar-refractivity contribution < 1.29 is 62.9 Å². The number of aliphatic hydroxyl groups excluding tert-OH is 6. The largest absolute Gasteiger partial charge is 0.394 e. The molecule has 0 radical (unpaired) electrons. The average Bonchev–Trinajstić information content (AvgIpc) is 2.60. The Hall–Kier alpha value is -0.530. The summed E-state index contributed by atoms with van der Waals surface area (Å²) >= 11 is 0. The van der Waals surface area contributed by atoms with Crippen molar-refractivity contribution in [3.05, 3.63) is 0 Å². The molecule has 2 heterocycles. The zero-order chi connectivity index (χ0) is 20.7. The Morgan fingerprint density at radius 1 is 0.963 bits per heavy atom. The van der Waals surface area contributed by atoms with E-state index in [0.717, 1.165) is 0 Å². The van der Waals surface area contributed by atoms with Crippen LogP contribution < -0.4 is 5.73 Å². The minimum atomic E-state index is -5.35. The lowest BCUT2D eigenvalue weighted by molar-refractivity contribution is -0.350. The van der Waals surface area contributed by atoms with Crippen molar-refractivity contribution in [3.8, 4) is 0 Å². The maximum absolute atomic E-state index is 11.3. The van der Waals surface area contributed by atoms with Gasteiger partial charge in [-0.1, -0.05) is 0 Å². The highest BCUT2D eigenvalue weighted by atomic mass is 32.2. The summed E-state index contributed by atoms with van der Waals surface area (Å²) in [6, 6.07) is -2.16. The molecular weight excluding hydrogens is 398 g/mol. The number of hydrogen-bond donors (Lipinski definition) is 9. The topological polar surface area (TPSA) is 250 Å². The highest BCUT2D eigenvalue weighted by molar-refractivity contribution is 7.86. The van der Waals surface area contributed by atoms with Crippen LogP contribution in [0.5, 0.6) is 0 Å². The van der Waals surface area contributed by atoms with E-state index in [1.54, 1.807) is 0 Å². The molecule has 27 heavy (non-hydrogen) atoms. The van der Waals surface area contributed by atoms with Gasteiger partial charge >= 0.3 is 15.2 Å². The molecule has 0 aromatic carbocycles. The molecule has 2 saturated heterocycles. The third-order valence-corrected chi connectivity index (χ3v) is 5.61. The third-order valence-electron chi connectivity index (χ3n) is 4.50. The Balaban J connectivity index is 2.25. The van der Waals surface area contributed by atoms with Crippen LogP contribution in [0.1, 0.15) is 0 Å². The van der Waals surface area contributed by atoms with Gasteiger partial charge in [0.05, 0.1) is 13.2 Å². The molecule has 0 aromatic rings. The fourth-order valence-electron chi connectivity index (χ4n) is 2.88. The van der Waals surface area contributed by atoms with Crippen LogP contribution in [0.3, 0.4) is 0 Å². The number of hydrogen-bond acceptors (Lipinski definition) is 13. The molecule has 2 rings (SSSR count). The summed E-state index contributed by atoms with van der Waals surface area (Å²) < 4.78 is 46.8. The van der Waals surface area contributed by atoms with Crippen molar-refractivity contribution in [2.75, 3.05) is 13.2 Å². The summed E-state index contributed by atoms with van der Waals surface area (Å²) in [5.41, 5.74) is 5.43. The van der Waals surface area contributed by atoms with E-state index in [4.69, 9.17) is 29.6 Å². The fourth-order valence-corrected chi connectivity index (χ4v) is 3.61. The number of rotatable bonds is 5. The Morgan fingerprint density at radius 2 is 1.52 bits per heavy atom. The first-order valence-corrected chi connectivity index (χ1v) is 9.20. The monoisotopic (exact) mass is 421 g/mol. The van der Waals surface area contributed by atoms with E-state index in [0.29, 0.717) is 0 Å². The van der Waals surface area contributed by atoms with Gasteiger partial charge in [-0.05, 0) is 0 Å². The zero-order valence-electron chi connectivity index (χ0n) is 13.7. The molecule has 0 saturated carbocycles. The SMILES string of the molecule is N[C@@H]1[C@@H](O)[C@H](O[C@@H]2O[C@H](CO)[C@H](O)[C@H](O)[C@H]2O)[C@@H](CO)OC1(O)S(=O)(=O)O. The molecule has 2 aliphatic rings. The molecule has 1 unspecified atom stereocenters. The Labute approximate surface area is 153 Å². The standard InChI is InChI=1S/C12H23NO13S/c13-10-8(19)9(4(2-15)26-12(10,20)27(21,22)23)25-11-7(18)6(17)5(16)3(1-14)24-11/h3-11,14-20H,1-2,13H2,(H,21,22,23)/t3-,4-,5+,6+,7-,8+,9-,10-,11+,12?/m1/s1. The number of aliphatic hydroxyl groups is 7. The third kappa shape index (κ3) is 3.97. The van der Waals surface area contributed by atoms with Crippen LogP contribution in [0.15, 0.2) is 0 Å². The van der Waals surface area contributed by atoms with Crippen LogP contribution in [-0.4, -0.2) is 122 Å². The van der Waals surface area contributed by atoms with Crippen LogP contribution in [0, 0.1) is 0 Å². The normalized spacial score (nSPS) is 49.1. The van der Waals surface area contributed by atoms with E-state index in [1.807, 2.05) is 0 Å². The summed E-state index contributed by atoms with van der Waals surface area (Å²) in [6.07, 6.45) is -14.0. The van der Waals surface area contributed by atoms with E-state index in [2.05, 4.69) is 0 Å². The molecule has 0 bridgehead atoms. The van der Waals surface area contributed by atoms with Crippen LogP contribution in [-0.2, 0) is 24.3 Å². The lowest BCUT2D eigenvalue weighted by atomic mass is 9.96. The predicted octanol–water partition coefficient (Wildman–Crippen LogP) is -6.22. The van der Waals surface area contributed by atoms with Crippen LogP contribution >= 0.6 is 0 Å². The first-order valence-electron chi connectivity index (χ1n) is 7.76. The molecule has 2 aliphatic heterocycles. The highest BCUT2D eigenvalue weighted by Gasteiger charge is 2.61. The maximum atomic E-state index is 11.3. The highest BCUT2D eigenvalue weighted by Crippen LogP contribution is 2.34. The van der Waals surface area contributed by atoms with E-state index in [-0.39, 0.29) is 0 Å². The second-order valence-electron chi connectivity index (χ2n) is 6.26. The van der Waals surface area contributed by atoms with Gasteiger partial charge in [-0.3, -0.25) is 4.55 Å². The van der Waals surface area contributed by atoms with Gasteiger partial charge in [0.2, 0.25) is 0 Å². The molecule has 14 nitrogen and oxygen atoms in total. The van der Waals surface area contributed by atoms with Crippen LogP contribution in [0.2, 0.25) is 0 Å². The van der Waals surface area contributed by atoms with E-state index in [9.17, 15) is 39.1 Å². The van der Waals surface area contributed by atoms with Crippen molar-refractivity contribution in [3.63, 3.8) is 0 Å². The lowest BCUT2D eigenvalue weighted by Gasteiger charge is -2.48. The Morgan fingerprint density at radius 3 is 2.00 bits per heavy atom. The summed E-state index contributed by atoms with van der Waals surface area (Å²) in [6.45, 7) is -1.79. The van der Waals surface area contributed by atoms with Gasteiger partial charge in [-0.25, -0.2) is 0 Å². The van der Waals surface area contributed by atoms with Crippen LogP contribution in [0.25, 0.3) is 0 Å². The molecule has 0 aromatic heterocycles. The van der Waals surface area contributed by atoms with Gasteiger partial charge < -0.3 is 55.7 Å². The molecule has 2 fully saturated rings. The van der Waals surface area contributed by atoms with Crippen LogP contribution in [0.4, 0.5) is 0 Å². The van der Waals surface area contributed by atoms with Crippen molar-refractivity contribution >= 4 is 10.1 Å². The molecule has 160 valence electrons. The first-order chi connectivity index (χ1) is 12.4. The minimum absolute atomic E-state index is 0.764.